The zero-order valence-corrected chi connectivity index (χ0v) is 15.3. The molecule has 1 saturated heterocycles. The Morgan fingerprint density at radius 3 is 2.81 bits per heavy atom. The number of halogens is 1. The second kappa shape index (κ2) is 6.96. The number of thiazole rings is 1. The third-order valence-electron chi connectivity index (χ3n) is 4.46. The van der Waals surface area contributed by atoms with E-state index in [4.69, 9.17) is 4.74 Å². The Hall–Kier alpha value is -3.00. The summed E-state index contributed by atoms with van der Waals surface area (Å²) in [7, 11) is 1.59. The first-order valence-electron chi connectivity index (χ1n) is 8.35. The molecule has 2 heterocycles. The number of benzene rings is 2. The normalized spacial score (nSPS) is 16.7. The van der Waals surface area contributed by atoms with E-state index in [0.29, 0.717) is 10.8 Å². The number of anilines is 2. The highest BCUT2D eigenvalue weighted by atomic mass is 32.1. The van der Waals surface area contributed by atoms with E-state index in [1.54, 1.807) is 7.11 Å². The summed E-state index contributed by atoms with van der Waals surface area (Å²) >= 11 is 1.35. The molecule has 1 aromatic heterocycles. The van der Waals surface area contributed by atoms with Gasteiger partial charge in [-0.05, 0) is 42.5 Å². The molecule has 4 rings (SSSR count). The van der Waals surface area contributed by atoms with Crippen molar-refractivity contribution in [3.05, 3.63) is 48.3 Å². The largest absolute Gasteiger partial charge is 0.497 e. The van der Waals surface area contributed by atoms with Crippen LogP contribution in [0.15, 0.2) is 42.5 Å². The van der Waals surface area contributed by atoms with Crippen LogP contribution < -0.4 is 15.0 Å². The molecule has 1 aliphatic rings. The fourth-order valence-corrected chi connectivity index (χ4v) is 3.94. The van der Waals surface area contributed by atoms with Crippen LogP contribution in [0.3, 0.4) is 0 Å². The van der Waals surface area contributed by atoms with Gasteiger partial charge in [0.2, 0.25) is 11.8 Å². The van der Waals surface area contributed by atoms with Gasteiger partial charge in [0.1, 0.15) is 11.6 Å². The van der Waals surface area contributed by atoms with Crippen LogP contribution >= 0.6 is 11.3 Å². The Balaban J connectivity index is 1.47. The maximum atomic E-state index is 13.1. The van der Waals surface area contributed by atoms with E-state index in [1.165, 1.54) is 40.5 Å². The number of hydrogen-bond donors (Lipinski definition) is 1. The van der Waals surface area contributed by atoms with E-state index >= 15 is 0 Å². The number of rotatable bonds is 4. The fraction of sp³-hybridized carbons (Fsp3) is 0.211. The molecule has 138 valence electrons. The molecule has 1 fully saturated rings. The number of carbonyl (C=O) groups excluding carboxylic acids is 2. The highest BCUT2D eigenvalue weighted by Gasteiger charge is 2.35. The first-order chi connectivity index (χ1) is 13.0. The summed E-state index contributed by atoms with van der Waals surface area (Å²) in [6, 6.07) is 11.2. The van der Waals surface area contributed by atoms with E-state index in [1.807, 2.05) is 18.2 Å². The van der Waals surface area contributed by atoms with Crippen molar-refractivity contribution < 1.29 is 18.7 Å². The minimum absolute atomic E-state index is 0.113. The molecule has 27 heavy (non-hydrogen) atoms. The molecule has 1 atom stereocenters. The van der Waals surface area contributed by atoms with Crippen LogP contribution in [0, 0.1) is 11.7 Å². The molecule has 0 spiro atoms. The Bertz CT molecular complexity index is 1020. The molecule has 0 saturated carbocycles. The number of carbonyl (C=O) groups is 2. The van der Waals surface area contributed by atoms with Crippen LogP contribution in [-0.4, -0.2) is 30.5 Å². The van der Waals surface area contributed by atoms with E-state index in [9.17, 15) is 14.0 Å². The van der Waals surface area contributed by atoms with Gasteiger partial charge in [0.15, 0.2) is 5.13 Å². The predicted octanol–water partition coefficient (Wildman–Crippen LogP) is 3.44. The molecule has 8 heteroatoms. The van der Waals surface area contributed by atoms with Gasteiger partial charge in [-0.15, -0.1) is 0 Å². The van der Waals surface area contributed by atoms with Crippen LogP contribution in [0.5, 0.6) is 5.75 Å². The quantitative estimate of drug-likeness (QED) is 0.747. The van der Waals surface area contributed by atoms with Crippen LogP contribution in [-0.2, 0) is 9.59 Å². The van der Waals surface area contributed by atoms with Gasteiger partial charge in [-0.3, -0.25) is 9.59 Å². The molecule has 0 aliphatic carbocycles. The zero-order chi connectivity index (χ0) is 19.0. The van der Waals surface area contributed by atoms with Crippen molar-refractivity contribution >= 4 is 44.2 Å². The molecule has 3 aromatic rings. The monoisotopic (exact) mass is 385 g/mol. The summed E-state index contributed by atoms with van der Waals surface area (Å²) in [5.74, 6) is -0.536. The van der Waals surface area contributed by atoms with Crippen LogP contribution in [0.1, 0.15) is 6.42 Å². The fourth-order valence-electron chi connectivity index (χ4n) is 3.05. The second-order valence-corrected chi connectivity index (χ2v) is 7.25. The van der Waals surface area contributed by atoms with Gasteiger partial charge in [0, 0.05) is 18.7 Å². The summed E-state index contributed by atoms with van der Waals surface area (Å²) in [6.07, 6.45) is 0.113. The van der Waals surface area contributed by atoms with E-state index in [-0.39, 0.29) is 30.6 Å². The lowest BCUT2D eigenvalue weighted by atomic mass is 10.1. The first kappa shape index (κ1) is 17.4. The average molecular weight is 385 g/mol. The van der Waals surface area contributed by atoms with Crippen LogP contribution in [0.25, 0.3) is 10.2 Å². The van der Waals surface area contributed by atoms with Crippen molar-refractivity contribution in [2.75, 3.05) is 23.9 Å². The van der Waals surface area contributed by atoms with Crippen LogP contribution in [0.4, 0.5) is 15.2 Å². The summed E-state index contributed by atoms with van der Waals surface area (Å²) in [5, 5.41) is 3.28. The maximum Gasteiger partial charge on any atom is 0.231 e. The number of fused-ring (bicyclic) bond motifs is 1. The predicted molar refractivity (Wildman–Crippen MR) is 102 cm³/mol. The number of ether oxygens (including phenoxy) is 1. The van der Waals surface area contributed by atoms with Crippen molar-refractivity contribution in [2.45, 2.75) is 6.42 Å². The van der Waals surface area contributed by atoms with E-state index < -0.39 is 5.92 Å². The topological polar surface area (TPSA) is 71.5 Å². The first-order valence-corrected chi connectivity index (χ1v) is 9.16. The van der Waals surface area contributed by atoms with Crippen molar-refractivity contribution in [1.82, 2.24) is 4.98 Å². The lowest BCUT2D eigenvalue weighted by Crippen LogP contribution is -2.28. The van der Waals surface area contributed by atoms with Crippen LogP contribution in [0.2, 0.25) is 0 Å². The second-order valence-electron chi connectivity index (χ2n) is 6.22. The molecular weight excluding hydrogens is 369 g/mol. The third-order valence-corrected chi connectivity index (χ3v) is 5.39. The maximum absolute atomic E-state index is 13.1. The van der Waals surface area contributed by atoms with Gasteiger partial charge in [0.05, 0.1) is 23.2 Å². The molecular formula is C19H16FN3O3S. The summed E-state index contributed by atoms with van der Waals surface area (Å²) in [5.41, 5.74) is 1.36. The van der Waals surface area contributed by atoms with E-state index in [2.05, 4.69) is 10.3 Å². The third kappa shape index (κ3) is 3.48. The number of methoxy groups -OCH3 is 1. The van der Waals surface area contributed by atoms with Crippen molar-refractivity contribution in [2.24, 2.45) is 5.92 Å². The molecule has 0 radical (unpaired) electrons. The highest BCUT2D eigenvalue weighted by molar-refractivity contribution is 7.22. The molecule has 2 amide bonds. The van der Waals surface area contributed by atoms with Gasteiger partial charge in [0.25, 0.3) is 0 Å². The van der Waals surface area contributed by atoms with Gasteiger partial charge in [-0.1, -0.05) is 11.3 Å². The van der Waals surface area contributed by atoms with Gasteiger partial charge >= 0.3 is 0 Å². The molecule has 0 bridgehead atoms. The summed E-state index contributed by atoms with van der Waals surface area (Å²) in [4.78, 5) is 30.7. The van der Waals surface area contributed by atoms with Gasteiger partial charge in [-0.2, -0.15) is 0 Å². The Labute approximate surface area is 158 Å². The minimum atomic E-state index is -0.482. The zero-order valence-electron chi connectivity index (χ0n) is 14.4. The standard InChI is InChI=1S/C19H16FN3O3S/c1-26-14-6-7-15-16(9-14)27-19(21-15)22-18(25)11-8-17(24)23(10-11)13-4-2-12(20)3-5-13/h2-7,9,11H,8,10H2,1H3,(H,21,22,25). The molecule has 6 nitrogen and oxygen atoms in total. The summed E-state index contributed by atoms with van der Waals surface area (Å²) < 4.78 is 19.2. The lowest BCUT2D eigenvalue weighted by molar-refractivity contribution is -0.122. The molecule has 1 aliphatic heterocycles. The molecule has 2 aromatic carbocycles. The molecule has 1 unspecified atom stereocenters. The highest BCUT2D eigenvalue weighted by Crippen LogP contribution is 2.31. The van der Waals surface area contributed by atoms with Crippen molar-refractivity contribution in [3.63, 3.8) is 0 Å². The Morgan fingerprint density at radius 1 is 1.30 bits per heavy atom. The van der Waals surface area contributed by atoms with Crippen molar-refractivity contribution in [1.29, 1.82) is 0 Å². The smallest absolute Gasteiger partial charge is 0.231 e. The number of nitrogens with zero attached hydrogens (tertiary/aromatic N) is 2. The number of amides is 2. The van der Waals surface area contributed by atoms with E-state index in [0.717, 1.165) is 16.0 Å². The van der Waals surface area contributed by atoms with Crippen molar-refractivity contribution in [3.8, 4) is 5.75 Å². The number of aromatic nitrogens is 1. The van der Waals surface area contributed by atoms with Gasteiger partial charge in [-0.25, -0.2) is 9.37 Å². The Kier molecular flexibility index (Phi) is 4.49. The molecule has 1 N–H and O–H groups in total. The average Bonchev–Trinajstić information content (AvgIpc) is 3.24. The Morgan fingerprint density at radius 2 is 2.07 bits per heavy atom. The minimum Gasteiger partial charge on any atom is -0.497 e. The summed E-state index contributed by atoms with van der Waals surface area (Å²) in [6.45, 7) is 0.259. The lowest BCUT2D eigenvalue weighted by Gasteiger charge is -2.16. The SMILES string of the molecule is COc1ccc2nc(NC(=O)C3CC(=O)N(c4ccc(F)cc4)C3)sc2c1. The number of hydrogen-bond acceptors (Lipinski definition) is 5. The van der Waals surface area contributed by atoms with Gasteiger partial charge < -0.3 is 15.0 Å². The number of nitrogens with one attached hydrogen (secondary N) is 1.